The molecule has 5 nitrogen and oxygen atoms in total. The molecule has 0 atom stereocenters. The number of rotatable bonds is 6. The van der Waals surface area contributed by atoms with Crippen LogP contribution in [-0.4, -0.2) is 45.0 Å². The van der Waals surface area contributed by atoms with Gasteiger partial charge < -0.3 is 15.2 Å². The van der Waals surface area contributed by atoms with Crippen molar-refractivity contribution in [2.45, 2.75) is 51.6 Å². The van der Waals surface area contributed by atoms with Gasteiger partial charge in [-0.25, -0.2) is 9.97 Å². The van der Waals surface area contributed by atoms with Gasteiger partial charge in [0.2, 0.25) is 0 Å². The minimum absolute atomic E-state index is 0.454. The number of aromatic nitrogens is 3. The van der Waals surface area contributed by atoms with Gasteiger partial charge in [0.1, 0.15) is 16.6 Å². The highest BCUT2D eigenvalue weighted by atomic mass is 35.5. The molecule has 4 rings (SSSR count). The predicted octanol–water partition coefficient (Wildman–Crippen LogP) is 5.34. The summed E-state index contributed by atoms with van der Waals surface area (Å²) in [5.41, 5.74) is 3.04. The van der Waals surface area contributed by atoms with Gasteiger partial charge in [0.25, 0.3) is 0 Å². The second-order valence-corrected chi connectivity index (χ2v) is 7.92. The number of aromatic amines is 1. The maximum atomic E-state index is 6.35. The van der Waals surface area contributed by atoms with Crippen LogP contribution in [0.4, 0.5) is 5.82 Å². The van der Waals surface area contributed by atoms with Crippen molar-refractivity contribution in [3.8, 4) is 11.1 Å². The second-order valence-electron chi connectivity index (χ2n) is 7.54. The van der Waals surface area contributed by atoms with Gasteiger partial charge in [-0.15, -0.1) is 0 Å². The summed E-state index contributed by atoms with van der Waals surface area (Å²) in [6, 6.07) is 9.21. The smallest absolute Gasteiger partial charge is 0.137 e. The molecule has 0 amide bonds. The van der Waals surface area contributed by atoms with Gasteiger partial charge in [0, 0.05) is 35.4 Å². The largest absolute Gasteiger partial charge is 0.367 e. The van der Waals surface area contributed by atoms with Crippen molar-refractivity contribution in [1.29, 1.82) is 0 Å². The van der Waals surface area contributed by atoms with Gasteiger partial charge in [-0.1, -0.05) is 25.4 Å². The number of hydrogen-bond donors (Lipinski definition) is 2. The Hall–Kier alpha value is -2.11. The van der Waals surface area contributed by atoms with Crippen LogP contribution in [-0.2, 0) is 0 Å². The van der Waals surface area contributed by atoms with E-state index < -0.39 is 0 Å². The quantitative estimate of drug-likeness (QED) is 0.551. The standard InChI is InChI=1S/C22H28ClN5/c1-3-28(4-2)17-9-7-16(8-10-17)26-21-13-15(12-20(23)27-21)19-14-25-22-18(19)6-5-11-24-22/h5-6,11-14,16-17H,3-4,7-10H2,1-2H3,(H,24,25)(H,26,27)/t16-,17-. The van der Waals surface area contributed by atoms with Crippen molar-refractivity contribution in [3.63, 3.8) is 0 Å². The van der Waals surface area contributed by atoms with Crippen LogP contribution in [0.1, 0.15) is 39.5 Å². The van der Waals surface area contributed by atoms with E-state index in [1.54, 1.807) is 6.20 Å². The number of anilines is 1. The van der Waals surface area contributed by atoms with Crippen LogP contribution >= 0.6 is 11.6 Å². The molecule has 0 bridgehead atoms. The average Bonchev–Trinajstić information content (AvgIpc) is 3.14. The summed E-state index contributed by atoms with van der Waals surface area (Å²) in [5, 5.41) is 5.23. The van der Waals surface area contributed by atoms with Crippen molar-refractivity contribution >= 4 is 28.5 Å². The van der Waals surface area contributed by atoms with Crippen molar-refractivity contribution in [1.82, 2.24) is 19.9 Å². The van der Waals surface area contributed by atoms with Gasteiger partial charge in [0.05, 0.1) is 0 Å². The summed E-state index contributed by atoms with van der Waals surface area (Å²) < 4.78 is 0. The Kier molecular flexibility index (Phi) is 5.83. The SMILES string of the molecule is CCN(CC)[C@H]1CC[C@H](Nc2cc(-c3c[nH]c4ncccc34)cc(Cl)n2)CC1. The van der Waals surface area contributed by atoms with Crippen molar-refractivity contribution in [2.24, 2.45) is 0 Å². The van der Waals surface area contributed by atoms with Crippen LogP contribution in [0.5, 0.6) is 0 Å². The first-order valence-corrected chi connectivity index (χ1v) is 10.7. The third-order valence-electron chi connectivity index (χ3n) is 5.93. The lowest BCUT2D eigenvalue weighted by Crippen LogP contribution is -2.40. The molecule has 6 heteroatoms. The van der Waals surface area contributed by atoms with Crippen LogP contribution in [0, 0.1) is 0 Å². The first-order valence-electron chi connectivity index (χ1n) is 10.3. The maximum Gasteiger partial charge on any atom is 0.137 e. The van der Waals surface area contributed by atoms with Gasteiger partial charge in [-0.3, -0.25) is 0 Å². The molecule has 3 aromatic rings. The van der Waals surface area contributed by atoms with E-state index in [0.717, 1.165) is 47.1 Å². The molecule has 0 aromatic carbocycles. The third kappa shape index (κ3) is 4.01. The Morgan fingerprint density at radius 2 is 1.96 bits per heavy atom. The molecule has 0 aliphatic heterocycles. The molecule has 1 aliphatic carbocycles. The first kappa shape index (κ1) is 19.2. The van der Waals surface area contributed by atoms with Crippen molar-refractivity contribution < 1.29 is 0 Å². The Morgan fingerprint density at radius 3 is 2.71 bits per heavy atom. The molecular weight excluding hydrogens is 370 g/mol. The molecule has 1 saturated carbocycles. The van der Waals surface area contributed by atoms with Crippen LogP contribution < -0.4 is 5.32 Å². The molecule has 28 heavy (non-hydrogen) atoms. The Morgan fingerprint density at radius 1 is 1.18 bits per heavy atom. The zero-order chi connectivity index (χ0) is 19.5. The molecule has 148 valence electrons. The Bertz CT molecular complexity index is 926. The molecular formula is C22H28ClN5. The summed E-state index contributed by atoms with van der Waals surface area (Å²) in [5.74, 6) is 0.854. The number of fused-ring (bicyclic) bond motifs is 1. The lowest BCUT2D eigenvalue weighted by atomic mass is 9.90. The number of hydrogen-bond acceptors (Lipinski definition) is 4. The molecule has 0 spiro atoms. The zero-order valence-corrected chi connectivity index (χ0v) is 17.3. The molecule has 3 heterocycles. The Balaban J connectivity index is 1.49. The number of nitrogens with one attached hydrogen (secondary N) is 2. The fraction of sp³-hybridized carbons (Fsp3) is 0.455. The second kappa shape index (κ2) is 8.50. The molecule has 0 unspecified atom stereocenters. The van der Waals surface area contributed by atoms with Gasteiger partial charge >= 0.3 is 0 Å². The van der Waals surface area contributed by atoms with Crippen LogP contribution in [0.2, 0.25) is 5.15 Å². The number of nitrogens with zero attached hydrogens (tertiary/aromatic N) is 3. The number of H-pyrrole nitrogens is 1. The van der Waals surface area contributed by atoms with Crippen LogP contribution in [0.15, 0.2) is 36.7 Å². The zero-order valence-electron chi connectivity index (χ0n) is 16.6. The normalized spacial score (nSPS) is 20.0. The fourth-order valence-corrected chi connectivity index (χ4v) is 4.66. The van der Waals surface area contributed by atoms with Crippen molar-refractivity contribution in [2.75, 3.05) is 18.4 Å². The average molecular weight is 398 g/mol. The molecule has 0 radical (unpaired) electrons. The summed E-state index contributed by atoms with van der Waals surface area (Å²) in [6.07, 6.45) is 8.59. The lowest BCUT2D eigenvalue weighted by molar-refractivity contribution is 0.167. The molecule has 3 aromatic heterocycles. The van der Waals surface area contributed by atoms with E-state index in [1.165, 1.54) is 25.7 Å². The van der Waals surface area contributed by atoms with Gasteiger partial charge in [-0.05, 0) is 68.6 Å². The Labute approximate surface area is 171 Å². The summed E-state index contributed by atoms with van der Waals surface area (Å²) in [6.45, 7) is 6.78. The highest BCUT2D eigenvalue weighted by Gasteiger charge is 2.24. The number of pyridine rings is 2. The summed E-state index contributed by atoms with van der Waals surface area (Å²) in [7, 11) is 0. The van der Waals surface area contributed by atoms with Crippen LogP contribution in [0.25, 0.3) is 22.2 Å². The molecule has 1 fully saturated rings. The molecule has 0 saturated heterocycles. The van der Waals surface area contributed by atoms with E-state index in [2.05, 4.69) is 51.1 Å². The molecule has 1 aliphatic rings. The highest BCUT2D eigenvalue weighted by Crippen LogP contribution is 2.32. The maximum absolute atomic E-state index is 6.35. The van der Waals surface area contributed by atoms with E-state index in [-0.39, 0.29) is 0 Å². The van der Waals surface area contributed by atoms with Gasteiger partial charge in [-0.2, -0.15) is 0 Å². The minimum atomic E-state index is 0.454. The fourth-order valence-electron chi connectivity index (χ4n) is 4.46. The third-order valence-corrected chi connectivity index (χ3v) is 6.13. The monoisotopic (exact) mass is 397 g/mol. The van der Waals surface area contributed by atoms with Gasteiger partial charge in [0.15, 0.2) is 0 Å². The van der Waals surface area contributed by atoms with E-state index >= 15 is 0 Å². The molecule has 2 N–H and O–H groups in total. The lowest BCUT2D eigenvalue weighted by Gasteiger charge is -2.36. The first-order chi connectivity index (χ1) is 13.7. The van der Waals surface area contributed by atoms with Crippen LogP contribution in [0.3, 0.4) is 0 Å². The predicted molar refractivity (Wildman–Crippen MR) is 117 cm³/mol. The number of halogens is 1. The topological polar surface area (TPSA) is 56.8 Å². The summed E-state index contributed by atoms with van der Waals surface area (Å²) in [4.78, 5) is 14.7. The van der Waals surface area contributed by atoms with E-state index in [9.17, 15) is 0 Å². The minimum Gasteiger partial charge on any atom is -0.367 e. The summed E-state index contributed by atoms with van der Waals surface area (Å²) >= 11 is 6.35. The van der Waals surface area contributed by atoms with E-state index in [4.69, 9.17) is 11.6 Å². The van der Waals surface area contributed by atoms with E-state index in [1.807, 2.05) is 18.3 Å². The highest BCUT2D eigenvalue weighted by molar-refractivity contribution is 6.29. The van der Waals surface area contributed by atoms with Crippen molar-refractivity contribution in [3.05, 3.63) is 41.8 Å². The van der Waals surface area contributed by atoms with E-state index in [0.29, 0.717) is 11.2 Å².